The third-order valence-electron chi connectivity index (χ3n) is 4.97. The van der Waals surface area contributed by atoms with Crippen molar-refractivity contribution in [3.05, 3.63) is 35.9 Å². The fraction of sp³-hybridized carbons (Fsp3) is 0.476. The number of hydrogen-bond acceptors (Lipinski definition) is 5. The molecule has 0 N–H and O–H groups in total. The lowest BCUT2D eigenvalue weighted by atomic mass is 9.97. The quantitative estimate of drug-likeness (QED) is 0.577. The highest BCUT2D eigenvalue weighted by atomic mass is 32.2. The molecule has 0 aliphatic carbocycles. The lowest BCUT2D eigenvalue weighted by Gasteiger charge is -2.32. The predicted octanol–water partition coefficient (Wildman–Crippen LogP) is 3.83. The number of thioether (sulfide) groups is 1. The summed E-state index contributed by atoms with van der Waals surface area (Å²) in [5.74, 6) is -0.112. The van der Waals surface area contributed by atoms with Gasteiger partial charge < -0.3 is 9.64 Å². The second kappa shape index (κ2) is 8.74. The Morgan fingerprint density at radius 2 is 2.00 bits per heavy atom. The van der Waals surface area contributed by atoms with Gasteiger partial charge in [-0.1, -0.05) is 30.0 Å². The van der Waals surface area contributed by atoms with E-state index in [1.54, 1.807) is 0 Å². The molecule has 144 valence electrons. The molecule has 0 spiro atoms. The zero-order valence-corrected chi connectivity index (χ0v) is 16.9. The van der Waals surface area contributed by atoms with Crippen LogP contribution in [0.25, 0.3) is 10.9 Å². The molecule has 1 amide bonds. The number of pyridine rings is 1. The third-order valence-corrected chi connectivity index (χ3v) is 5.98. The van der Waals surface area contributed by atoms with Crippen molar-refractivity contribution in [2.24, 2.45) is 5.92 Å². The van der Waals surface area contributed by atoms with Gasteiger partial charge in [0.05, 0.1) is 28.3 Å². The number of likely N-dealkylation sites (tertiary alicyclic amines) is 1. The molecule has 1 fully saturated rings. The number of aryl methyl sites for hydroxylation is 1. The van der Waals surface area contributed by atoms with Crippen LogP contribution in [0.15, 0.2) is 35.4 Å². The minimum atomic E-state index is -0.211. The number of hydrogen-bond donors (Lipinski definition) is 0. The van der Waals surface area contributed by atoms with Gasteiger partial charge in [-0.05, 0) is 51.3 Å². The minimum absolute atomic E-state index is 0.0817. The van der Waals surface area contributed by atoms with Crippen LogP contribution in [0.3, 0.4) is 0 Å². The van der Waals surface area contributed by atoms with Crippen LogP contribution in [0, 0.1) is 12.8 Å². The summed E-state index contributed by atoms with van der Waals surface area (Å²) in [6.45, 7) is 7.44. The summed E-state index contributed by atoms with van der Waals surface area (Å²) in [5.41, 5.74) is 2.12. The number of aromatic nitrogens is 1. The molecular weight excluding hydrogens is 360 g/mol. The Hall–Kier alpha value is -2.08. The molecule has 0 radical (unpaired) electrons. The normalized spacial score (nSPS) is 16.3. The van der Waals surface area contributed by atoms with Crippen molar-refractivity contribution in [3.63, 3.8) is 0 Å². The molecule has 2 heterocycles. The topological polar surface area (TPSA) is 59.5 Å². The Labute approximate surface area is 164 Å². The average Bonchev–Trinajstić information content (AvgIpc) is 2.67. The number of nitrogens with zero attached hydrogens (tertiary/aromatic N) is 2. The van der Waals surface area contributed by atoms with Crippen LogP contribution < -0.4 is 0 Å². The molecule has 1 aliphatic heterocycles. The molecule has 2 aromatic rings. The van der Waals surface area contributed by atoms with E-state index in [-0.39, 0.29) is 23.0 Å². The first-order valence-corrected chi connectivity index (χ1v) is 10.4. The van der Waals surface area contributed by atoms with Gasteiger partial charge in [-0.2, -0.15) is 0 Å². The first-order chi connectivity index (χ1) is 13.0. The van der Waals surface area contributed by atoms with E-state index in [1.165, 1.54) is 11.8 Å². The van der Waals surface area contributed by atoms with Gasteiger partial charge in [-0.3, -0.25) is 9.59 Å². The summed E-state index contributed by atoms with van der Waals surface area (Å²) in [6, 6.07) is 10.1. The van der Waals surface area contributed by atoms with Crippen LogP contribution in [0.5, 0.6) is 0 Å². The molecule has 27 heavy (non-hydrogen) atoms. The van der Waals surface area contributed by atoms with Gasteiger partial charge in [-0.25, -0.2) is 4.98 Å². The van der Waals surface area contributed by atoms with E-state index in [1.807, 2.05) is 43.0 Å². The van der Waals surface area contributed by atoms with E-state index >= 15 is 0 Å². The second-order valence-corrected chi connectivity index (χ2v) is 8.27. The maximum Gasteiger partial charge on any atom is 0.309 e. The monoisotopic (exact) mass is 386 g/mol. The Kier molecular flexibility index (Phi) is 6.37. The highest BCUT2D eigenvalue weighted by Crippen LogP contribution is 2.28. The van der Waals surface area contributed by atoms with Gasteiger partial charge in [-0.15, -0.1) is 0 Å². The summed E-state index contributed by atoms with van der Waals surface area (Å²) in [7, 11) is 0. The van der Waals surface area contributed by atoms with E-state index in [2.05, 4.69) is 13.0 Å². The van der Waals surface area contributed by atoms with Crippen LogP contribution in [-0.2, 0) is 14.3 Å². The summed E-state index contributed by atoms with van der Waals surface area (Å²) >= 11 is 1.50. The maximum atomic E-state index is 12.8. The zero-order chi connectivity index (χ0) is 19.4. The van der Waals surface area contributed by atoms with E-state index < -0.39 is 0 Å². The van der Waals surface area contributed by atoms with Gasteiger partial charge in [0, 0.05) is 18.5 Å². The molecule has 1 atom stereocenters. The average molecular weight is 387 g/mol. The highest BCUT2D eigenvalue weighted by Gasteiger charge is 2.30. The standard InChI is InChI=1S/C21H26N2O3S/c1-4-26-21(25)16-9-11-23(12-10-16)20(24)15(3)27-19-13-14(2)17-7-5-6-8-18(17)22-19/h5-8,13,15-16H,4,9-12H2,1-3H3. The number of carbonyl (C=O) groups excluding carboxylic acids is 2. The van der Waals surface area contributed by atoms with Crippen molar-refractivity contribution in [1.29, 1.82) is 0 Å². The number of benzene rings is 1. The summed E-state index contributed by atoms with van der Waals surface area (Å²) in [6.07, 6.45) is 1.35. The number of ether oxygens (including phenoxy) is 1. The Balaban J connectivity index is 1.61. The highest BCUT2D eigenvalue weighted by molar-refractivity contribution is 8.00. The molecule has 6 heteroatoms. The molecule has 1 aliphatic rings. The Morgan fingerprint density at radius 3 is 2.70 bits per heavy atom. The van der Waals surface area contributed by atoms with Crippen LogP contribution in [0.1, 0.15) is 32.3 Å². The number of amides is 1. The summed E-state index contributed by atoms with van der Waals surface area (Å²) in [4.78, 5) is 31.2. The van der Waals surface area contributed by atoms with Crippen molar-refractivity contribution in [2.75, 3.05) is 19.7 Å². The number of piperidine rings is 1. The fourth-order valence-electron chi connectivity index (χ4n) is 3.46. The van der Waals surface area contributed by atoms with Crippen LogP contribution >= 0.6 is 11.8 Å². The fourth-order valence-corrected chi connectivity index (χ4v) is 4.47. The van der Waals surface area contributed by atoms with Crippen LogP contribution in [0.2, 0.25) is 0 Å². The summed E-state index contributed by atoms with van der Waals surface area (Å²) in [5, 5.41) is 1.80. The van der Waals surface area contributed by atoms with Crippen molar-refractivity contribution >= 4 is 34.5 Å². The molecule has 0 saturated carbocycles. The van der Waals surface area contributed by atoms with E-state index in [4.69, 9.17) is 9.72 Å². The largest absolute Gasteiger partial charge is 0.466 e. The number of carbonyl (C=O) groups is 2. The molecule has 5 nitrogen and oxygen atoms in total. The Morgan fingerprint density at radius 1 is 1.30 bits per heavy atom. The van der Waals surface area contributed by atoms with Crippen molar-refractivity contribution in [2.45, 2.75) is 43.9 Å². The number of esters is 1. The minimum Gasteiger partial charge on any atom is -0.466 e. The van der Waals surface area contributed by atoms with Crippen LogP contribution in [0.4, 0.5) is 0 Å². The van der Waals surface area contributed by atoms with Crippen molar-refractivity contribution < 1.29 is 14.3 Å². The Bertz CT molecular complexity index is 831. The van der Waals surface area contributed by atoms with Gasteiger partial charge in [0.1, 0.15) is 0 Å². The number of fused-ring (bicyclic) bond motifs is 1. The molecule has 1 aromatic carbocycles. The summed E-state index contributed by atoms with van der Waals surface area (Å²) < 4.78 is 5.10. The number of rotatable bonds is 5. The van der Waals surface area contributed by atoms with Gasteiger partial charge >= 0.3 is 5.97 Å². The van der Waals surface area contributed by atoms with E-state index in [9.17, 15) is 9.59 Å². The number of para-hydroxylation sites is 1. The van der Waals surface area contributed by atoms with E-state index in [0.29, 0.717) is 32.5 Å². The third kappa shape index (κ3) is 4.61. The van der Waals surface area contributed by atoms with Gasteiger partial charge in [0.15, 0.2) is 0 Å². The van der Waals surface area contributed by atoms with Crippen molar-refractivity contribution in [1.82, 2.24) is 9.88 Å². The smallest absolute Gasteiger partial charge is 0.309 e. The molecular formula is C21H26N2O3S. The first-order valence-electron chi connectivity index (χ1n) is 9.48. The van der Waals surface area contributed by atoms with E-state index in [0.717, 1.165) is 21.5 Å². The second-order valence-electron chi connectivity index (χ2n) is 6.91. The van der Waals surface area contributed by atoms with Crippen LogP contribution in [-0.4, -0.2) is 46.7 Å². The molecule has 0 bridgehead atoms. The predicted molar refractivity (Wildman–Crippen MR) is 108 cm³/mol. The van der Waals surface area contributed by atoms with Gasteiger partial charge in [0.25, 0.3) is 0 Å². The molecule has 3 rings (SSSR count). The zero-order valence-electron chi connectivity index (χ0n) is 16.1. The molecule has 1 unspecified atom stereocenters. The van der Waals surface area contributed by atoms with Gasteiger partial charge in [0.2, 0.25) is 5.91 Å². The maximum absolute atomic E-state index is 12.8. The lowest BCUT2D eigenvalue weighted by Crippen LogP contribution is -2.43. The first kappa shape index (κ1) is 19.7. The molecule has 1 aromatic heterocycles. The van der Waals surface area contributed by atoms with Crippen molar-refractivity contribution in [3.8, 4) is 0 Å². The SMILES string of the molecule is CCOC(=O)C1CCN(C(=O)C(C)Sc2cc(C)c3ccccc3n2)CC1. The lowest BCUT2D eigenvalue weighted by molar-refractivity contribution is -0.151. The molecule has 1 saturated heterocycles.